The highest BCUT2D eigenvalue weighted by Crippen LogP contribution is 2.17. The molecule has 0 aliphatic carbocycles. The zero-order valence-electron chi connectivity index (χ0n) is 18.6. The molecule has 0 unspecified atom stereocenters. The SMILES string of the molecule is O=C(O)CCc1ccc(OC(=O)CCc2ccc(OC(=O)CCc3ccc(O)cc3)cc2)cc1. The van der Waals surface area contributed by atoms with E-state index in [9.17, 15) is 19.5 Å². The Morgan fingerprint density at radius 3 is 1.29 bits per heavy atom. The molecule has 0 aromatic heterocycles. The van der Waals surface area contributed by atoms with Crippen molar-refractivity contribution in [3.63, 3.8) is 0 Å². The summed E-state index contributed by atoms with van der Waals surface area (Å²) in [6.07, 6.45) is 1.88. The van der Waals surface area contributed by atoms with Crippen LogP contribution in [-0.2, 0) is 33.6 Å². The van der Waals surface area contributed by atoms with Crippen LogP contribution in [0.15, 0.2) is 72.8 Å². The molecule has 2 N–H and O–H groups in total. The van der Waals surface area contributed by atoms with Gasteiger partial charge in [0.1, 0.15) is 17.2 Å². The van der Waals surface area contributed by atoms with Gasteiger partial charge in [-0.25, -0.2) is 0 Å². The molecule has 0 bridgehead atoms. The van der Waals surface area contributed by atoms with Gasteiger partial charge in [-0.2, -0.15) is 0 Å². The maximum Gasteiger partial charge on any atom is 0.311 e. The van der Waals surface area contributed by atoms with Gasteiger partial charge in [0.25, 0.3) is 0 Å². The summed E-state index contributed by atoms with van der Waals surface area (Å²) < 4.78 is 10.7. The second-order valence-corrected chi connectivity index (χ2v) is 7.80. The number of benzene rings is 3. The van der Waals surface area contributed by atoms with Crippen molar-refractivity contribution in [1.29, 1.82) is 0 Å². The van der Waals surface area contributed by atoms with E-state index in [0.29, 0.717) is 30.8 Å². The van der Waals surface area contributed by atoms with E-state index in [2.05, 4.69) is 0 Å². The zero-order chi connectivity index (χ0) is 24.3. The number of esters is 2. The number of carboxylic acid groups (broad SMARTS) is 1. The molecule has 3 aromatic rings. The molecule has 0 amide bonds. The van der Waals surface area contributed by atoms with Crippen LogP contribution in [-0.4, -0.2) is 28.1 Å². The van der Waals surface area contributed by atoms with Gasteiger partial charge in [0, 0.05) is 19.3 Å². The Bertz CT molecular complexity index is 1100. The van der Waals surface area contributed by atoms with Crippen molar-refractivity contribution in [3.05, 3.63) is 89.5 Å². The van der Waals surface area contributed by atoms with Gasteiger partial charge in [-0.05, 0) is 72.4 Å². The predicted octanol–water partition coefficient (Wildman–Crippen LogP) is 4.49. The van der Waals surface area contributed by atoms with Crippen molar-refractivity contribution < 1.29 is 34.1 Å². The van der Waals surface area contributed by atoms with Gasteiger partial charge in [-0.3, -0.25) is 14.4 Å². The summed E-state index contributed by atoms with van der Waals surface area (Å²) in [6.45, 7) is 0. The molecule has 0 saturated heterocycles. The lowest BCUT2D eigenvalue weighted by molar-refractivity contribution is -0.137. The van der Waals surface area contributed by atoms with Gasteiger partial charge in [0.2, 0.25) is 0 Å². The minimum Gasteiger partial charge on any atom is -0.508 e. The number of ether oxygens (including phenoxy) is 2. The van der Waals surface area contributed by atoms with E-state index >= 15 is 0 Å². The van der Waals surface area contributed by atoms with Crippen LogP contribution < -0.4 is 9.47 Å². The number of aromatic hydroxyl groups is 1. The smallest absolute Gasteiger partial charge is 0.311 e. The predicted molar refractivity (Wildman–Crippen MR) is 125 cm³/mol. The Balaban J connectivity index is 1.39. The molecule has 0 spiro atoms. The molecule has 34 heavy (non-hydrogen) atoms. The van der Waals surface area contributed by atoms with Crippen LogP contribution in [0.4, 0.5) is 0 Å². The number of aliphatic carboxylic acids is 1. The number of aryl methyl sites for hydroxylation is 3. The number of rotatable bonds is 11. The molecule has 0 aliphatic heterocycles. The molecule has 0 saturated carbocycles. The van der Waals surface area contributed by atoms with E-state index in [1.165, 1.54) is 0 Å². The molecule has 0 radical (unpaired) electrons. The number of hydrogen-bond donors (Lipinski definition) is 2. The number of carbonyl (C=O) groups excluding carboxylic acids is 2. The average Bonchev–Trinajstić information content (AvgIpc) is 2.83. The van der Waals surface area contributed by atoms with E-state index in [1.54, 1.807) is 72.8 Å². The maximum absolute atomic E-state index is 12.1. The summed E-state index contributed by atoms with van der Waals surface area (Å²) in [5.74, 6) is -0.541. The fourth-order valence-corrected chi connectivity index (χ4v) is 3.22. The molecule has 7 heteroatoms. The van der Waals surface area contributed by atoms with E-state index in [1.807, 2.05) is 0 Å². The van der Waals surface area contributed by atoms with Crippen molar-refractivity contribution in [2.24, 2.45) is 0 Å². The zero-order valence-corrected chi connectivity index (χ0v) is 18.6. The van der Waals surface area contributed by atoms with Gasteiger partial charge in [-0.1, -0.05) is 36.4 Å². The van der Waals surface area contributed by atoms with Crippen LogP contribution in [0, 0.1) is 0 Å². The molecule has 7 nitrogen and oxygen atoms in total. The highest BCUT2D eigenvalue weighted by molar-refractivity contribution is 5.73. The Hall–Kier alpha value is -4.13. The van der Waals surface area contributed by atoms with E-state index < -0.39 is 5.97 Å². The standard InChI is InChI=1S/C27H26O7/c28-22-10-1-19(2-11-22)8-17-26(31)34-24-14-5-21(6-15-24)9-18-27(32)33-23-12-3-20(4-13-23)7-16-25(29)30/h1-6,10-15,28H,7-9,16-18H2,(H,29,30). The van der Waals surface area contributed by atoms with Crippen molar-refractivity contribution in [1.82, 2.24) is 0 Å². The highest BCUT2D eigenvalue weighted by atomic mass is 16.5. The summed E-state index contributed by atoms with van der Waals surface area (Å²) in [5.41, 5.74) is 2.71. The van der Waals surface area contributed by atoms with Crippen molar-refractivity contribution in [2.45, 2.75) is 38.5 Å². The molecule has 3 aromatic carbocycles. The number of phenolic OH excluding ortho intramolecular Hbond substituents is 1. The number of carbonyl (C=O) groups is 3. The molecular weight excluding hydrogens is 436 g/mol. The maximum atomic E-state index is 12.1. The molecule has 0 atom stereocenters. The minimum atomic E-state index is -0.854. The van der Waals surface area contributed by atoms with Crippen LogP contribution in [0.3, 0.4) is 0 Å². The Morgan fingerprint density at radius 2 is 0.912 bits per heavy atom. The van der Waals surface area contributed by atoms with Crippen LogP contribution in [0.25, 0.3) is 0 Å². The third-order valence-corrected chi connectivity index (χ3v) is 5.11. The fraction of sp³-hybridized carbons (Fsp3) is 0.222. The van der Waals surface area contributed by atoms with Gasteiger partial charge < -0.3 is 19.7 Å². The first-order chi connectivity index (χ1) is 16.4. The highest BCUT2D eigenvalue weighted by Gasteiger charge is 2.09. The largest absolute Gasteiger partial charge is 0.508 e. The van der Waals surface area contributed by atoms with Gasteiger partial charge in [-0.15, -0.1) is 0 Å². The second kappa shape index (κ2) is 12.2. The lowest BCUT2D eigenvalue weighted by atomic mass is 10.1. The lowest BCUT2D eigenvalue weighted by Crippen LogP contribution is -2.10. The molecule has 0 fully saturated rings. The van der Waals surface area contributed by atoms with E-state index in [-0.39, 0.29) is 37.0 Å². The van der Waals surface area contributed by atoms with Crippen molar-refractivity contribution >= 4 is 17.9 Å². The number of hydrogen-bond acceptors (Lipinski definition) is 6. The average molecular weight is 462 g/mol. The van der Waals surface area contributed by atoms with Crippen molar-refractivity contribution in [3.8, 4) is 17.2 Å². The fourth-order valence-electron chi connectivity index (χ4n) is 3.22. The van der Waals surface area contributed by atoms with Gasteiger partial charge in [0.05, 0.1) is 0 Å². The third-order valence-electron chi connectivity index (χ3n) is 5.11. The molecular formula is C27H26O7. The van der Waals surface area contributed by atoms with E-state index in [0.717, 1.165) is 16.7 Å². The summed E-state index contributed by atoms with van der Waals surface area (Å²) >= 11 is 0. The number of phenols is 1. The van der Waals surface area contributed by atoms with Gasteiger partial charge in [0.15, 0.2) is 0 Å². The lowest BCUT2D eigenvalue weighted by Gasteiger charge is -2.07. The first kappa shape index (κ1) is 24.5. The first-order valence-corrected chi connectivity index (χ1v) is 11.0. The summed E-state index contributed by atoms with van der Waals surface area (Å²) in [5, 5.41) is 18.0. The van der Waals surface area contributed by atoms with Crippen LogP contribution in [0.2, 0.25) is 0 Å². The molecule has 3 rings (SSSR count). The van der Waals surface area contributed by atoms with Crippen LogP contribution in [0.1, 0.15) is 36.0 Å². The molecule has 0 aliphatic rings. The summed E-state index contributed by atoms with van der Waals surface area (Å²) in [7, 11) is 0. The summed E-state index contributed by atoms with van der Waals surface area (Å²) in [4.78, 5) is 34.8. The second-order valence-electron chi connectivity index (χ2n) is 7.80. The minimum absolute atomic E-state index is 0.0525. The van der Waals surface area contributed by atoms with Crippen LogP contribution >= 0.6 is 0 Å². The number of carboxylic acids is 1. The Kier molecular flexibility index (Phi) is 8.80. The Morgan fingerprint density at radius 1 is 0.559 bits per heavy atom. The van der Waals surface area contributed by atoms with Crippen LogP contribution in [0.5, 0.6) is 17.2 Å². The topological polar surface area (TPSA) is 110 Å². The summed E-state index contributed by atoms with van der Waals surface area (Å²) in [6, 6.07) is 20.5. The normalized spacial score (nSPS) is 10.5. The van der Waals surface area contributed by atoms with Gasteiger partial charge >= 0.3 is 17.9 Å². The first-order valence-electron chi connectivity index (χ1n) is 11.0. The molecule has 0 heterocycles. The Labute approximate surface area is 197 Å². The van der Waals surface area contributed by atoms with E-state index in [4.69, 9.17) is 14.6 Å². The monoisotopic (exact) mass is 462 g/mol. The van der Waals surface area contributed by atoms with Crippen molar-refractivity contribution in [2.75, 3.05) is 0 Å². The molecule has 176 valence electrons. The third kappa shape index (κ3) is 8.43. The quantitative estimate of drug-likeness (QED) is 0.319.